The predicted octanol–water partition coefficient (Wildman–Crippen LogP) is 4.70. The highest BCUT2D eigenvalue weighted by molar-refractivity contribution is 7.15. The van der Waals surface area contributed by atoms with Crippen LogP contribution in [0.2, 0.25) is 0 Å². The van der Waals surface area contributed by atoms with E-state index in [1.165, 1.54) is 23.5 Å². The summed E-state index contributed by atoms with van der Waals surface area (Å²) in [5.74, 6) is -1.30. The number of carbonyl (C=O) groups excluding carboxylic acids is 3. The summed E-state index contributed by atoms with van der Waals surface area (Å²) in [6.07, 6.45) is 0.253. The van der Waals surface area contributed by atoms with Crippen molar-refractivity contribution in [3.05, 3.63) is 101 Å². The van der Waals surface area contributed by atoms with Gasteiger partial charge in [-0.05, 0) is 54.6 Å². The molecule has 0 bridgehead atoms. The number of halogens is 1. The van der Waals surface area contributed by atoms with Gasteiger partial charge >= 0.3 is 0 Å². The summed E-state index contributed by atoms with van der Waals surface area (Å²) in [6.45, 7) is 0.399. The van der Waals surface area contributed by atoms with Crippen molar-refractivity contribution in [1.29, 1.82) is 0 Å². The Labute approximate surface area is 209 Å². The molecular formula is C26H20FN5O3S. The molecular weight excluding hydrogens is 481 g/mol. The number of anilines is 3. The Morgan fingerprint density at radius 3 is 2.39 bits per heavy atom. The van der Waals surface area contributed by atoms with Gasteiger partial charge in [-0.25, -0.2) is 4.39 Å². The number of benzene rings is 3. The third-order valence-corrected chi connectivity index (χ3v) is 6.69. The van der Waals surface area contributed by atoms with Gasteiger partial charge in [0.15, 0.2) is 0 Å². The summed E-state index contributed by atoms with van der Waals surface area (Å²) in [6, 6.07) is 21.1. The molecule has 1 unspecified atom stereocenters. The molecule has 1 atom stereocenters. The Hall–Kier alpha value is -4.44. The maximum Gasteiger partial charge on any atom is 0.257 e. The lowest BCUT2D eigenvalue weighted by atomic mass is 10.1. The van der Waals surface area contributed by atoms with Crippen molar-refractivity contribution in [3.8, 4) is 0 Å². The summed E-state index contributed by atoms with van der Waals surface area (Å²) < 4.78 is 13.2. The van der Waals surface area contributed by atoms with Gasteiger partial charge in [0, 0.05) is 41.4 Å². The minimum absolute atomic E-state index is 0.0817. The molecule has 1 fully saturated rings. The first-order valence-electron chi connectivity index (χ1n) is 11.1. The van der Waals surface area contributed by atoms with Gasteiger partial charge in [-0.15, -0.1) is 10.2 Å². The van der Waals surface area contributed by atoms with Crippen molar-refractivity contribution in [2.45, 2.75) is 12.3 Å². The molecule has 0 radical (unpaired) electrons. The molecule has 1 saturated heterocycles. The van der Waals surface area contributed by atoms with E-state index >= 15 is 0 Å². The average molecular weight is 502 g/mol. The van der Waals surface area contributed by atoms with E-state index in [0.29, 0.717) is 39.2 Å². The molecule has 10 heteroatoms. The van der Waals surface area contributed by atoms with E-state index in [1.807, 2.05) is 6.07 Å². The van der Waals surface area contributed by atoms with Crippen molar-refractivity contribution >= 4 is 45.6 Å². The number of amides is 3. The van der Waals surface area contributed by atoms with E-state index in [1.54, 1.807) is 65.6 Å². The van der Waals surface area contributed by atoms with Gasteiger partial charge in [0.1, 0.15) is 10.8 Å². The van der Waals surface area contributed by atoms with Crippen molar-refractivity contribution in [2.75, 3.05) is 22.1 Å². The molecule has 1 aromatic heterocycles. The number of nitrogens with zero attached hydrogens (tertiary/aromatic N) is 3. The molecule has 4 aromatic rings. The van der Waals surface area contributed by atoms with Crippen LogP contribution in [0.15, 0.2) is 78.9 Å². The van der Waals surface area contributed by atoms with Gasteiger partial charge < -0.3 is 10.2 Å². The van der Waals surface area contributed by atoms with Gasteiger partial charge in [0.05, 0.1) is 0 Å². The average Bonchev–Trinajstić information content (AvgIpc) is 3.52. The molecule has 3 aromatic carbocycles. The van der Waals surface area contributed by atoms with Gasteiger partial charge in [-0.3, -0.25) is 19.7 Å². The van der Waals surface area contributed by atoms with Crippen LogP contribution in [0.3, 0.4) is 0 Å². The zero-order chi connectivity index (χ0) is 25.1. The largest absolute Gasteiger partial charge is 0.322 e. The molecule has 36 heavy (non-hydrogen) atoms. The van der Waals surface area contributed by atoms with Crippen LogP contribution in [-0.2, 0) is 4.79 Å². The van der Waals surface area contributed by atoms with Crippen LogP contribution in [0.5, 0.6) is 0 Å². The van der Waals surface area contributed by atoms with Crippen molar-refractivity contribution in [2.24, 2.45) is 0 Å². The first-order valence-corrected chi connectivity index (χ1v) is 11.9. The highest BCUT2D eigenvalue weighted by Gasteiger charge is 2.34. The van der Waals surface area contributed by atoms with Gasteiger partial charge in [0.2, 0.25) is 11.0 Å². The van der Waals surface area contributed by atoms with Gasteiger partial charge in [-0.2, -0.15) is 0 Å². The van der Waals surface area contributed by atoms with E-state index in [9.17, 15) is 18.8 Å². The normalized spacial score (nSPS) is 15.1. The minimum atomic E-state index is -0.399. The number of hydrogen-bond donors (Lipinski definition) is 2. The summed E-state index contributed by atoms with van der Waals surface area (Å²) in [7, 11) is 0. The first-order chi connectivity index (χ1) is 17.5. The molecule has 1 aliphatic heterocycles. The maximum atomic E-state index is 13.2. The van der Waals surface area contributed by atoms with Crippen LogP contribution in [0.25, 0.3) is 0 Å². The summed E-state index contributed by atoms with van der Waals surface area (Å²) in [4.78, 5) is 39.3. The van der Waals surface area contributed by atoms with Crippen molar-refractivity contribution in [3.63, 3.8) is 0 Å². The molecule has 0 spiro atoms. The fraction of sp³-hybridized carbons (Fsp3) is 0.115. The Kier molecular flexibility index (Phi) is 6.50. The van der Waals surface area contributed by atoms with Crippen LogP contribution in [-0.4, -0.2) is 34.5 Å². The van der Waals surface area contributed by atoms with Crippen LogP contribution >= 0.6 is 11.3 Å². The lowest BCUT2D eigenvalue weighted by Gasteiger charge is -2.16. The molecule has 2 heterocycles. The molecule has 5 rings (SSSR count). The van der Waals surface area contributed by atoms with Crippen molar-refractivity contribution in [1.82, 2.24) is 10.2 Å². The second-order valence-corrected chi connectivity index (χ2v) is 9.19. The van der Waals surface area contributed by atoms with E-state index in [2.05, 4.69) is 20.8 Å². The smallest absolute Gasteiger partial charge is 0.257 e. The number of rotatable bonds is 6. The van der Waals surface area contributed by atoms with E-state index < -0.39 is 5.91 Å². The van der Waals surface area contributed by atoms with Crippen LogP contribution in [0.1, 0.15) is 38.1 Å². The molecule has 0 saturated carbocycles. The maximum absolute atomic E-state index is 13.2. The monoisotopic (exact) mass is 501 g/mol. The number of aromatic nitrogens is 2. The first kappa shape index (κ1) is 23.3. The molecule has 8 nitrogen and oxygen atoms in total. The highest BCUT2D eigenvalue weighted by atomic mass is 32.1. The molecule has 2 N–H and O–H groups in total. The van der Waals surface area contributed by atoms with Crippen LogP contribution in [0, 0.1) is 5.82 Å². The van der Waals surface area contributed by atoms with Gasteiger partial charge in [0.25, 0.3) is 11.8 Å². The zero-order valence-corrected chi connectivity index (χ0v) is 19.7. The Balaban J connectivity index is 1.23. The molecule has 0 aliphatic carbocycles. The highest BCUT2D eigenvalue weighted by Crippen LogP contribution is 2.34. The summed E-state index contributed by atoms with van der Waals surface area (Å²) in [5, 5.41) is 14.7. The van der Waals surface area contributed by atoms with E-state index in [4.69, 9.17) is 0 Å². The van der Waals surface area contributed by atoms with Gasteiger partial charge in [-0.1, -0.05) is 35.6 Å². The Morgan fingerprint density at radius 2 is 1.61 bits per heavy atom. The standard InChI is InChI=1S/C26H20FN5O3S/c27-19-9-11-21(12-10-19)32-15-18(14-22(32)33)25-30-31-26(36-25)29-24(35)17-7-4-8-20(13-17)28-23(34)16-5-2-1-3-6-16/h1-13,18H,14-15H2,(H,28,34)(H,29,31,35). The van der Waals surface area contributed by atoms with Crippen molar-refractivity contribution < 1.29 is 18.8 Å². The fourth-order valence-corrected chi connectivity index (χ4v) is 4.72. The Bertz CT molecular complexity index is 1430. The predicted molar refractivity (Wildman–Crippen MR) is 135 cm³/mol. The Morgan fingerprint density at radius 1 is 0.889 bits per heavy atom. The lowest BCUT2D eigenvalue weighted by molar-refractivity contribution is -0.117. The third-order valence-electron chi connectivity index (χ3n) is 5.69. The second-order valence-electron chi connectivity index (χ2n) is 8.18. The third kappa shape index (κ3) is 5.13. The van der Waals surface area contributed by atoms with E-state index in [-0.39, 0.29) is 30.0 Å². The quantitative estimate of drug-likeness (QED) is 0.399. The topological polar surface area (TPSA) is 104 Å². The number of carbonyl (C=O) groups is 3. The second kappa shape index (κ2) is 10.0. The SMILES string of the molecule is O=C(Nc1cccc(C(=O)Nc2nnc(C3CC(=O)N(c4ccc(F)cc4)C3)s2)c1)c1ccccc1. The van der Waals surface area contributed by atoms with E-state index in [0.717, 1.165) is 0 Å². The zero-order valence-electron chi connectivity index (χ0n) is 18.8. The summed E-state index contributed by atoms with van der Waals surface area (Å²) in [5.41, 5.74) is 1.97. The molecule has 1 aliphatic rings. The number of nitrogens with one attached hydrogen (secondary N) is 2. The minimum Gasteiger partial charge on any atom is -0.322 e. The summed E-state index contributed by atoms with van der Waals surface area (Å²) >= 11 is 1.20. The fourth-order valence-electron chi connectivity index (χ4n) is 3.89. The molecule has 3 amide bonds. The number of hydrogen-bond acceptors (Lipinski definition) is 6. The van der Waals surface area contributed by atoms with Crippen LogP contribution in [0.4, 0.5) is 20.9 Å². The van der Waals surface area contributed by atoms with Crippen LogP contribution < -0.4 is 15.5 Å². The lowest BCUT2D eigenvalue weighted by Crippen LogP contribution is -2.24. The molecule has 180 valence electrons.